The van der Waals surface area contributed by atoms with E-state index in [1.807, 2.05) is 40.9 Å². The minimum Gasteiger partial charge on any atom is -0.299 e. The Bertz CT molecular complexity index is 1080. The van der Waals surface area contributed by atoms with Crippen molar-refractivity contribution in [1.29, 1.82) is 0 Å². The van der Waals surface area contributed by atoms with Crippen molar-refractivity contribution in [3.05, 3.63) is 65.0 Å². The number of hydrogen-bond donors (Lipinski definition) is 2. The molecule has 2 amide bonds. The van der Waals surface area contributed by atoms with E-state index in [-0.39, 0.29) is 10.7 Å². The molecule has 0 atom stereocenters. The van der Waals surface area contributed by atoms with Crippen molar-refractivity contribution in [2.24, 2.45) is 0 Å². The predicted octanol–water partition coefficient (Wildman–Crippen LogP) is 2.57. The highest BCUT2D eigenvalue weighted by Gasteiger charge is 2.26. The summed E-state index contributed by atoms with van der Waals surface area (Å²) in [5, 5.41) is 5.45. The third kappa shape index (κ3) is 2.87. The van der Waals surface area contributed by atoms with Crippen LogP contribution in [0, 0.1) is 0 Å². The van der Waals surface area contributed by atoms with Gasteiger partial charge in [-0.25, -0.2) is 4.98 Å². The SMILES string of the molecule is O=C1NC(=S)NC(=O)C1=Cc1nc(-c2ccc(Cl)cc2)n2ccccc12. The maximum absolute atomic E-state index is 12.1. The number of benzene rings is 1. The molecule has 0 spiro atoms. The van der Waals surface area contributed by atoms with E-state index in [4.69, 9.17) is 23.8 Å². The van der Waals surface area contributed by atoms with E-state index in [0.717, 1.165) is 11.1 Å². The lowest BCUT2D eigenvalue weighted by molar-refractivity contribution is -0.123. The van der Waals surface area contributed by atoms with Crippen molar-refractivity contribution < 1.29 is 9.59 Å². The van der Waals surface area contributed by atoms with Crippen LogP contribution in [0.5, 0.6) is 0 Å². The molecule has 6 nitrogen and oxygen atoms in total. The number of hydrogen-bond acceptors (Lipinski definition) is 4. The van der Waals surface area contributed by atoms with Gasteiger partial charge in [0.25, 0.3) is 11.8 Å². The first-order valence-electron chi connectivity index (χ1n) is 7.64. The Hall–Kier alpha value is -3.03. The Morgan fingerprint density at radius 3 is 2.42 bits per heavy atom. The molecule has 0 bridgehead atoms. The smallest absolute Gasteiger partial charge is 0.263 e. The van der Waals surface area contributed by atoms with Gasteiger partial charge in [0.2, 0.25) is 0 Å². The van der Waals surface area contributed by atoms with Gasteiger partial charge in [0.05, 0.1) is 11.2 Å². The Morgan fingerprint density at radius 1 is 1.04 bits per heavy atom. The number of nitrogens with zero attached hydrogens (tertiary/aromatic N) is 2. The Labute approximate surface area is 158 Å². The maximum Gasteiger partial charge on any atom is 0.263 e. The zero-order chi connectivity index (χ0) is 18.3. The van der Waals surface area contributed by atoms with E-state index in [9.17, 15) is 9.59 Å². The monoisotopic (exact) mass is 382 g/mol. The van der Waals surface area contributed by atoms with Crippen molar-refractivity contribution in [1.82, 2.24) is 20.0 Å². The average molecular weight is 383 g/mol. The van der Waals surface area contributed by atoms with E-state index < -0.39 is 11.8 Å². The summed E-state index contributed by atoms with van der Waals surface area (Å²) in [7, 11) is 0. The fraction of sp³-hybridized carbons (Fsp3) is 0. The van der Waals surface area contributed by atoms with E-state index in [0.29, 0.717) is 16.5 Å². The molecule has 0 aliphatic carbocycles. The molecular weight excluding hydrogens is 372 g/mol. The number of carbonyl (C=O) groups excluding carboxylic acids is 2. The molecule has 3 heterocycles. The van der Waals surface area contributed by atoms with Crippen LogP contribution in [0.2, 0.25) is 5.02 Å². The molecule has 3 aromatic rings. The molecule has 1 aliphatic heterocycles. The minimum absolute atomic E-state index is 0.00583. The van der Waals surface area contributed by atoms with Gasteiger partial charge in [-0.15, -0.1) is 0 Å². The normalized spacial score (nSPS) is 14.3. The maximum atomic E-state index is 12.1. The lowest BCUT2D eigenvalue weighted by Crippen LogP contribution is -2.51. The van der Waals surface area contributed by atoms with Gasteiger partial charge in [0.15, 0.2) is 5.11 Å². The summed E-state index contributed by atoms with van der Waals surface area (Å²) in [6, 6.07) is 12.9. The Kier molecular flexibility index (Phi) is 4.02. The second kappa shape index (κ2) is 6.36. The van der Waals surface area contributed by atoms with Crippen molar-refractivity contribution in [2.75, 3.05) is 0 Å². The van der Waals surface area contributed by atoms with Crippen LogP contribution in [-0.4, -0.2) is 26.3 Å². The number of nitrogens with one attached hydrogen (secondary N) is 2. The van der Waals surface area contributed by atoms with Crippen LogP contribution in [0.3, 0.4) is 0 Å². The summed E-state index contributed by atoms with van der Waals surface area (Å²) in [4.78, 5) is 28.8. The van der Waals surface area contributed by atoms with Gasteiger partial charge in [-0.05, 0) is 54.7 Å². The summed E-state index contributed by atoms with van der Waals surface area (Å²) >= 11 is 10.8. The fourth-order valence-corrected chi connectivity index (χ4v) is 3.03. The molecule has 1 aliphatic rings. The zero-order valence-electron chi connectivity index (χ0n) is 13.2. The van der Waals surface area contributed by atoms with Gasteiger partial charge < -0.3 is 0 Å². The molecule has 1 saturated heterocycles. The summed E-state index contributed by atoms with van der Waals surface area (Å²) in [5.41, 5.74) is 2.08. The molecule has 2 N–H and O–H groups in total. The third-order valence-corrected chi connectivity index (χ3v) is 4.36. The topological polar surface area (TPSA) is 75.5 Å². The highest BCUT2D eigenvalue weighted by molar-refractivity contribution is 7.80. The summed E-state index contributed by atoms with van der Waals surface area (Å²) in [6.45, 7) is 0. The van der Waals surface area contributed by atoms with Crippen LogP contribution in [0.25, 0.3) is 23.0 Å². The number of amides is 2. The summed E-state index contributed by atoms with van der Waals surface area (Å²) < 4.78 is 1.89. The highest BCUT2D eigenvalue weighted by atomic mass is 35.5. The van der Waals surface area contributed by atoms with Gasteiger partial charge in [-0.2, -0.15) is 0 Å². The van der Waals surface area contributed by atoms with Gasteiger partial charge in [-0.3, -0.25) is 24.6 Å². The largest absolute Gasteiger partial charge is 0.299 e. The Balaban J connectivity index is 1.88. The molecule has 0 radical (unpaired) electrons. The van der Waals surface area contributed by atoms with Gasteiger partial charge >= 0.3 is 0 Å². The van der Waals surface area contributed by atoms with Crippen LogP contribution in [0.15, 0.2) is 54.2 Å². The highest BCUT2D eigenvalue weighted by Crippen LogP contribution is 2.25. The van der Waals surface area contributed by atoms with Crippen molar-refractivity contribution >= 4 is 52.3 Å². The average Bonchev–Trinajstić information content (AvgIpc) is 2.97. The van der Waals surface area contributed by atoms with Gasteiger partial charge in [0.1, 0.15) is 11.4 Å². The first-order chi connectivity index (χ1) is 12.5. The molecular formula is C18H11ClN4O2S. The van der Waals surface area contributed by atoms with E-state index in [2.05, 4.69) is 15.6 Å². The molecule has 1 aromatic carbocycles. The lowest BCUT2D eigenvalue weighted by Gasteiger charge is -2.15. The Morgan fingerprint density at radius 2 is 1.73 bits per heavy atom. The van der Waals surface area contributed by atoms with Crippen LogP contribution in [0.1, 0.15) is 5.69 Å². The number of aromatic nitrogens is 2. The van der Waals surface area contributed by atoms with Crippen molar-refractivity contribution in [3.63, 3.8) is 0 Å². The molecule has 0 saturated carbocycles. The molecule has 26 heavy (non-hydrogen) atoms. The molecule has 1 fully saturated rings. The van der Waals surface area contributed by atoms with E-state index >= 15 is 0 Å². The van der Waals surface area contributed by atoms with Crippen molar-refractivity contribution in [2.45, 2.75) is 0 Å². The molecule has 128 valence electrons. The quantitative estimate of drug-likeness (QED) is 0.406. The third-order valence-electron chi connectivity index (χ3n) is 3.90. The summed E-state index contributed by atoms with van der Waals surface area (Å²) in [5.74, 6) is -0.427. The lowest BCUT2D eigenvalue weighted by atomic mass is 10.1. The minimum atomic E-state index is -0.552. The molecule has 8 heteroatoms. The standard InChI is InChI=1S/C18H11ClN4O2S/c19-11-6-4-10(5-7-11)15-20-13(14-3-1-2-8-23(14)15)9-12-16(24)21-18(26)22-17(12)25/h1-9H,(H2,21,22,24,25,26). The van der Waals surface area contributed by atoms with Crippen LogP contribution < -0.4 is 10.6 Å². The number of pyridine rings is 1. The number of thiocarbonyl (C=S) groups is 1. The van der Waals surface area contributed by atoms with Gasteiger partial charge in [0, 0.05) is 16.8 Å². The number of imidazole rings is 1. The molecule has 4 rings (SSSR count). The van der Waals surface area contributed by atoms with Crippen LogP contribution in [0.4, 0.5) is 0 Å². The first-order valence-corrected chi connectivity index (χ1v) is 8.43. The van der Waals surface area contributed by atoms with E-state index in [1.54, 1.807) is 12.1 Å². The number of fused-ring (bicyclic) bond motifs is 1. The first kappa shape index (κ1) is 16.4. The summed E-state index contributed by atoms with van der Waals surface area (Å²) in [6.07, 6.45) is 3.33. The second-order valence-corrected chi connectivity index (χ2v) is 6.42. The fourth-order valence-electron chi connectivity index (χ4n) is 2.71. The molecule has 2 aromatic heterocycles. The van der Waals surface area contributed by atoms with Crippen LogP contribution >= 0.6 is 23.8 Å². The van der Waals surface area contributed by atoms with E-state index in [1.165, 1.54) is 6.08 Å². The second-order valence-electron chi connectivity index (χ2n) is 5.58. The molecule has 0 unspecified atom stereocenters. The van der Waals surface area contributed by atoms with Gasteiger partial charge in [-0.1, -0.05) is 17.7 Å². The zero-order valence-corrected chi connectivity index (χ0v) is 14.8. The predicted molar refractivity (Wildman–Crippen MR) is 102 cm³/mol. The van der Waals surface area contributed by atoms with Crippen molar-refractivity contribution in [3.8, 4) is 11.4 Å². The number of rotatable bonds is 2. The number of carbonyl (C=O) groups is 2. The van der Waals surface area contributed by atoms with Crippen LogP contribution in [-0.2, 0) is 9.59 Å². The number of halogens is 1.